The SMILES string of the molecule is C=C(CC(=Cc1ccccc1)S(=O)(=O)[O-])C(=O)[O-].[Na+].[Na+]. The van der Waals surface area contributed by atoms with E-state index in [2.05, 4.69) is 6.58 Å². The van der Waals surface area contributed by atoms with Crippen molar-refractivity contribution in [3.05, 3.63) is 53.0 Å². The van der Waals surface area contributed by atoms with Gasteiger partial charge in [-0.25, -0.2) is 8.42 Å². The van der Waals surface area contributed by atoms with E-state index in [1.807, 2.05) is 0 Å². The number of carbonyl (C=O) groups is 1. The summed E-state index contributed by atoms with van der Waals surface area (Å²) in [5.74, 6) is -1.59. The predicted octanol–water partition coefficient (Wildman–Crippen LogP) is -5.72. The van der Waals surface area contributed by atoms with Crippen LogP contribution < -0.4 is 64.2 Å². The van der Waals surface area contributed by atoms with Gasteiger partial charge in [0.2, 0.25) is 0 Å². The van der Waals surface area contributed by atoms with Gasteiger partial charge < -0.3 is 14.5 Å². The summed E-state index contributed by atoms with van der Waals surface area (Å²) in [6.45, 7) is 3.14. The Hall–Kier alpha value is 0.0800. The van der Waals surface area contributed by atoms with Crippen molar-refractivity contribution in [2.75, 3.05) is 0 Å². The summed E-state index contributed by atoms with van der Waals surface area (Å²) in [6, 6.07) is 8.23. The molecule has 96 valence electrons. The average Bonchev–Trinajstić information content (AvgIpc) is 2.28. The van der Waals surface area contributed by atoms with Crippen molar-refractivity contribution >= 4 is 22.2 Å². The quantitative estimate of drug-likeness (QED) is 0.307. The van der Waals surface area contributed by atoms with Gasteiger partial charge in [0, 0.05) is 11.3 Å². The third-order valence-corrected chi connectivity index (χ3v) is 3.03. The van der Waals surface area contributed by atoms with Gasteiger partial charge in [0.1, 0.15) is 10.1 Å². The molecule has 5 nitrogen and oxygen atoms in total. The van der Waals surface area contributed by atoms with Crippen molar-refractivity contribution in [1.29, 1.82) is 0 Å². The zero-order chi connectivity index (χ0) is 13.8. The molecule has 1 rings (SSSR count). The Labute approximate surface area is 162 Å². The van der Waals surface area contributed by atoms with E-state index in [1.54, 1.807) is 30.3 Å². The molecule has 0 aliphatic carbocycles. The standard InChI is InChI=1S/C12H12O5S.2Na/c1-9(12(13)14)7-11(18(15,16)17)8-10-5-3-2-4-6-10;;/h2-6,8H,1,7H2,(H,13,14)(H,15,16,17);;/q;2*+1/p-2. The molecule has 0 N–H and O–H groups in total. The van der Waals surface area contributed by atoms with Crippen LogP contribution in [0.2, 0.25) is 0 Å². The van der Waals surface area contributed by atoms with Crippen molar-refractivity contribution < 1.29 is 82.0 Å². The minimum Gasteiger partial charge on any atom is -0.744 e. The Bertz CT molecular complexity index is 594. The number of hydrogen-bond acceptors (Lipinski definition) is 5. The molecule has 0 spiro atoms. The minimum absolute atomic E-state index is 0. The van der Waals surface area contributed by atoms with Gasteiger partial charge in [0.25, 0.3) is 0 Å². The molecular formula is C12H10Na2O5S. The third kappa shape index (κ3) is 7.75. The monoisotopic (exact) mass is 312 g/mol. The maximum Gasteiger partial charge on any atom is 1.00 e. The minimum atomic E-state index is -4.73. The first-order valence-corrected chi connectivity index (χ1v) is 6.32. The van der Waals surface area contributed by atoms with Crippen LogP contribution in [-0.4, -0.2) is 18.9 Å². The molecule has 8 heteroatoms. The summed E-state index contributed by atoms with van der Waals surface area (Å²) >= 11 is 0. The van der Waals surface area contributed by atoms with Crippen LogP contribution in [0.3, 0.4) is 0 Å². The first kappa shape index (κ1) is 22.4. The zero-order valence-electron chi connectivity index (χ0n) is 11.3. The Morgan fingerprint density at radius 1 is 1.20 bits per heavy atom. The van der Waals surface area contributed by atoms with Gasteiger partial charge in [-0.15, -0.1) is 0 Å². The number of rotatable bonds is 5. The molecule has 0 aliphatic heterocycles. The molecule has 20 heavy (non-hydrogen) atoms. The van der Waals surface area contributed by atoms with Gasteiger partial charge in [-0.1, -0.05) is 36.9 Å². The van der Waals surface area contributed by atoms with E-state index in [1.165, 1.54) is 0 Å². The maximum atomic E-state index is 11.0. The van der Waals surface area contributed by atoms with Crippen molar-refractivity contribution in [3.63, 3.8) is 0 Å². The van der Waals surface area contributed by atoms with Gasteiger partial charge in [-0.2, -0.15) is 0 Å². The van der Waals surface area contributed by atoms with Crippen LogP contribution in [0.5, 0.6) is 0 Å². The number of allylic oxidation sites excluding steroid dienone is 1. The van der Waals surface area contributed by atoms with Crippen LogP contribution >= 0.6 is 0 Å². The number of carboxylic acid groups (broad SMARTS) is 1. The van der Waals surface area contributed by atoms with Crippen molar-refractivity contribution in [3.8, 4) is 0 Å². The van der Waals surface area contributed by atoms with E-state index in [0.29, 0.717) is 5.56 Å². The number of carbonyl (C=O) groups excluding carboxylic acids is 1. The first-order chi connectivity index (χ1) is 8.30. The molecule has 0 radical (unpaired) electrons. The van der Waals surface area contributed by atoms with E-state index in [9.17, 15) is 22.9 Å². The van der Waals surface area contributed by atoms with Crippen LogP contribution in [0.15, 0.2) is 47.4 Å². The molecule has 0 atom stereocenters. The second-order valence-electron chi connectivity index (χ2n) is 3.54. The summed E-state index contributed by atoms with van der Waals surface area (Å²) < 4.78 is 33.0. The predicted molar refractivity (Wildman–Crippen MR) is 62.9 cm³/mol. The van der Waals surface area contributed by atoms with E-state index in [4.69, 9.17) is 0 Å². The maximum absolute atomic E-state index is 11.0. The molecule has 0 bridgehead atoms. The molecule has 1 aromatic rings. The molecular weight excluding hydrogens is 302 g/mol. The second kappa shape index (κ2) is 9.92. The molecule has 0 saturated carbocycles. The van der Waals surface area contributed by atoms with Gasteiger partial charge in [-0.05, 0) is 17.2 Å². The van der Waals surface area contributed by atoms with Gasteiger partial charge >= 0.3 is 59.1 Å². The van der Waals surface area contributed by atoms with Crippen LogP contribution in [0, 0.1) is 0 Å². The number of benzene rings is 1. The molecule has 0 fully saturated rings. The zero-order valence-corrected chi connectivity index (χ0v) is 16.1. The fraction of sp³-hybridized carbons (Fsp3) is 0.0833. The normalized spacial score (nSPS) is 10.9. The van der Waals surface area contributed by atoms with E-state index >= 15 is 0 Å². The van der Waals surface area contributed by atoms with E-state index in [-0.39, 0.29) is 59.1 Å². The summed E-state index contributed by atoms with van der Waals surface area (Å²) in [7, 11) is -4.73. The third-order valence-electron chi connectivity index (χ3n) is 2.12. The van der Waals surface area contributed by atoms with E-state index in [0.717, 1.165) is 6.08 Å². The molecule has 0 amide bonds. The van der Waals surface area contributed by atoms with Crippen molar-refractivity contribution in [2.45, 2.75) is 6.42 Å². The summed E-state index contributed by atoms with van der Waals surface area (Å²) in [5.41, 5.74) is 0.0229. The molecule has 0 unspecified atom stereocenters. The number of aliphatic carboxylic acids is 1. The molecule has 0 saturated heterocycles. The molecule has 0 heterocycles. The van der Waals surface area contributed by atoms with Crippen molar-refractivity contribution in [1.82, 2.24) is 0 Å². The fourth-order valence-electron chi connectivity index (χ4n) is 1.23. The van der Waals surface area contributed by atoms with Crippen LogP contribution in [0.25, 0.3) is 6.08 Å². The fourth-order valence-corrected chi connectivity index (χ4v) is 1.86. The van der Waals surface area contributed by atoms with Crippen LogP contribution in [0.4, 0.5) is 0 Å². The number of carboxylic acids is 1. The molecule has 0 aliphatic rings. The summed E-state index contributed by atoms with van der Waals surface area (Å²) in [6.07, 6.45) is 0.555. The van der Waals surface area contributed by atoms with Gasteiger partial charge in [-0.3, -0.25) is 0 Å². The van der Waals surface area contributed by atoms with E-state index < -0.39 is 33.0 Å². The van der Waals surface area contributed by atoms with Gasteiger partial charge in [0.05, 0.1) is 5.97 Å². The Kier molecular flexibility index (Phi) is 11.1. The summed E-state index contributed by atoms with van der Waals surface area (Å²) in [5, 5.41) is 10.5. The topological polar surface area (TPSA) is 97.3 Å². The Balaban J connectivity index is 0. The number of hydrogen-bond donors (Lipinski definition) is 0. The average molecular weight is 312 g/mol. The van der Waals surface area contributed by atoms with Crippen LogP contribution in [0.1, 0.15) is 12.0 Å². The van der Waals surface area contributed by atoms with Gasteiger partial charge in [0.15, 0.2) is 0 Å². The first-order valence-electron chi connectivity index (χ1n) is 4.91. The molecule has 1 aromatic carbocycles. The second-order valence-corrected chi connectivity index (χ2v) is 4.98. The Morgan fingerprint density at radius 2 is 1.70 bits per heavy atom. The largest absolute Gasteiger partial charge is 1.00 e. The Morgan fingerprint density at radius 3 is 2.10 bits per heavy atom. The van der Waals surface area contributed by atoms with Crippen LogP contribution in [-0.2, 0) is 14.9 Å². The van der Waals surface area contributed by atoms with Crippen molar-refractivity contribution in [2.24, 2.45) is 0 Å². The smallest absolute Gasteiger partial charge is 0.744 e. The molecule has 0 aromatic heterocycles. The summed E-state index contributed by atoms with van der Waals surface area (Å²) in [4.78, 5) is 9.93.